The average Bonchev–Trinajstić information content (AvgIpc) is 2.16. The van der Waals surface area contributed by atoms with E-state index in [1.807, 2.05) is 25.1 Å². The molecule has 0 aliphatic rings. The molecule has 1 aromatic rings. The molecule has 1 aromatic carbocycles. The van der Waals surface area contributed by atoms with Gasteiger partial charge in [0.25, 0.3) is 0 Å². The van der Waals surface area contributed by atoms with Gasteiger partial charge in [-0.1, -0.05) is 40.5 Å². The Labute approximate surface area is 98.2 Å². The minimum absolute atomic E-state index is 0.213. The van der Waals surface area contributed by atoms with Crippen molar-refractivity contribution in [3.8, 4) is 0 Å². The lowest BCUT2D eigenvalue weighted by molar-refractivity contribution is 0.160. The van der Waals surface area contributed by atoms with Crippen LogP contribution in [0.5, 0.6) is 0 Å². The molecule has 0 radical (unpaired) electrons. The van der Waals surface area contributed by atoms with E-state index < -0.39 is 0 Å². The Morgan fingerprint density at radius 1 is 1.50 bits per heavy atom. The van der Waals surface area contributed by atoms with E-state index in [2.05, 4.69) is 15.9 Å². The van der Waals surface area contributed by atoms with Gasteiger partial charge in [0.1, 0.15) is 0 Å². The largest absolute Gasteiger partial charge is 0.393 e. The Kier molecular flexibility index (Phi) is 4.93. The predicted molar refractivity (Wildman–Crippen MR) is 63.8 cm³/mol. The summed E-state index contributed by atoms with van der Waals surface area (Å²) in [5.74, 6) is 0. The van der Waals surface area contributed by atoms with E-state index in [1.54, 1.807) is 0 Å². The van der Waals surface area contributed by atoms with Crippen LogP contribution >= 0.6 is 27.5 Å². The van der Waals surface area contributed by atoms with E-state index >= 15 is 0 Å². The second-order valence-corrected chi connectivity index (χ2v) is 4.66. The summed E-state index contributed by atoms with van der Waals surface area (Å²) in [6.45, 7) is 1.98. The molecular weight excluding hydrogens is 263 g/mol. The first kappa shape index (κ1) is 12.0. The van der Waals surface area contributed by atoms with Gasteiger partial charge in [0.15, 0.2) is 0 Å². The van der Waals surface area contributed by atoms with Gasteiger partial charge in [0.05, 0.1) is 6.10 Å². The number of benzene rings is 1. The highest BCUT2D eigenvalue weighted by atomic mass is 79.9. The van der Waals surface area contributed by atoms with E-state index in [4.69, 9.17) is 11.6 Å². The van der Waals surface area contributed by atoms with Crippen molar-refractivity contribution in [1.29, 1.82) is 0 Å². The number of halogens is 2. The zero-order valence-corrected chi connectivity index (χ0v) is 10.5. The Morgan fingerprint density at radius 3 is 2.79 bits per heavy atom. The molecule has 0 amide bonds. The number of rotatable bonds is 4. The van der Waals surface area contributed by atoms with E-state index in [0.29, 0.717) is 0 Å². The molecule has 0 bridgehead atoms. The molecule has 0 spiro atoms. The SMILES string of the molecule is CCC(O)CCc1ccc(Br)cc1Cl. The molecule has 0 aliphatic carbocycles. The maximum Gasteiger partial charge on any atom is 0.0540 e. The summed E-state index contributed by atoms with van der Waals surface area (Å²) in [7, 11) is 0. The monoisotopic (exact) mass is 276 g/mol. The van der Waals surface area contributed by atoms with Crippen LogP contribution in [0.4, 0.5) is 0 Å². The molecule has 1 nitrogen and oxygen atoms in total. The van der Waals surface area contributed by atoms with Crippen molar-refractivity contribution in [3.05, 3.63) is 33.3 Å². The fourth-order valence-electron chi connectivity index (χ4n) is 1.25. The lowest BCUT2D eigenvalue weighted by atomic mass is 10.1. The summed E-state index contributed by atoms with van der Waals surface area (Å²) < 4.78 is 0.988. The average molecular weight is 278 g/mol. The van der Waals surface area contributed by atoms with Crippen LogP contribution in [-0.2, 0) is 6.42 Å². The zero-order chi connectivity index (χ0) is 10.6. The van der Waals surface area contributed by atoms with E-state index in [-0.39, 0.29) is 6.10 Å². The lowest BCUT2D eigenvalue weighted by Crippen LogP contribution is -2.05. The summed E-state index contributed by atoms with van der Waals surface area (Å²) in [6.07, 6.45) is 2.20. The van der Waals surface area contributed by atoms with Crippen molar-refractivity contribution >= 4 is 27.5 Å². The molecule has 0 aromatic heterocycles. The summed E-state index contributed by atoms with van der Waals surface area (Å²) >= 11 is 9.40. The van der Waals surface area contributed by atoms with Crippen molar-refractivity contribution in [2.24, 2.45) is 0 Å². The van der Waals surface area contributed by atoms with Crippen LogP contribution in [-0.4, -0.2) is 11.2 Å². The second kappa shape index (κ2) is 5.74. The molecule has 0 aliphatic heterocycles. The second-order valence-electron chi connectivity index (χ2n) is 3.34. The maximum absolute atomic E-state index is 9.41. The first-order chi connectivity index (χ1) is 6.63. The van der Waals surface area contributed by atoms with Crippen molar-refractivity contribution in [1.82, 2.24) is 0 Å². The van der Waals surface area contributed by atoms with Crippen LogP contribution in [0.1, 0.15) is 25.3 Å². The molecule has 1 unspecified atom stereocenters. The van der Waals surface area contributed by atoms with Gasteiger partial charge in [-0.2, -0.15) is 0 Å². The number of hydrogen-bond acceptors (Lipinski definition) is 1. The molecule has 14 heavy (non-hydrogen) atoms. The summed E-state index contributed by atoms with van der Waals surface area (Å²) in [5, 5.41) is 10.2. The van der Waals surface area contributed by atoms with Gasteiger partial charge < -0.3 is 5.11 Å². The highest BCUT2D eigenvalue weighted by molar-refractivity contribution is 9.10. The molecular formula is C11H14BrClO. The number of aryl methyl sites for hydroxylation is 1. The van der Waals surface area contributed by atoms with Crippen molar-refractivity contribution < 1.29 is 5.11 Å². The van der Waals surface area contributed by atoms with Crippen LogP contribution in [0.2, 0.25) is 5.02 Å². The normalized spacial score (nSPS) is 12.9. The van der Waals surface area contributed by atoms with Gasteiger partial charge in [0.2, 0.25) is 0 Å². The molecule has 0 saturated heterocycles. The third-order valence-corrected chi connectivity index (χ3v) is 3.08. The Balaban J connectivity index is 2.59. The smallest absolute Gasteiger partial charge is 0.0540 e. The molecule has 3 heteroatoms. The summed E-state index contributed by atoms with van der Waals surface area (Å²) in [6, 6.07) is 5.85. The van der Waals surface area contributed by atoms with Crippen LogP contribution in [0, 0.1) is 0 Å². The minimum atomic E-state index is -0.213. The zero-order valence-electron chi connectivity index (χ0n) is 8.13. The summed E-state index contributed by atoms with van der Waals surface area (Å²) in [4.78, 5) is 0. The van der Waals surface area contributed by atoms with Gasteiger partial charge in [-0.25, -0.2) is 0 Å². The highest BCUT2D eigenvalue weighted by Gasteiger charge is 2.04. The highest BCUT2D eigenvalue weighted by Crippen LogP contribution is 2.22. The van der Waals surface area contributed by atoms with Gasteiger partial charge in [-0.05, 0) is 37.0 Å². The fourth-order valence-corrected chi connectivity index (χ4v) is 2.02. The van der Waals surface area contributed by atoms with E-state index in [0.717, 1.165) is 34.3 Å². The topological polar surface area (TPSA) is 20.2 Å². The fraction of sp³-hybridized carbons (Fsp3) is 0.455. The number of aliphatic hydroxyl groups excluding tert-OH is 1. The molecule has 0 saturated carbocycles. The number of hydrogen-bond donors (Lipinski definition) is 1. The quantitative estimate of drug-likeness (QED) is 0.887. The van der Waals surface area contributed by atoms with Gasteiger partial charge >= 0.3 is 0 Å². The molecule has 1 rings (SSSR count). The van der Waals surface area contributed by atoms with Crippen LogP contribution in [0.3, 0.4) is 0 Å². The van der Waals surface area contributed by atoms with E-state index in [1.165, 1.54) is 0 Å². The number of aliphatic hydroxyl groups is 1. The Bertz CT molecular complexity index is 301. The molecule has 78 valence electrons. The maximum atomic E-state index is 9.41. The van der Waals surface area contributed by atoms with Gasteiger partial charge in [0, 0.05) is 9.50 Å². The van der Waals surface area contributed by atoms with Crippen LogP contribution in [0.25, 0.3) is 0 Å². The molecule has 0 fully saturated rings. The lowest BCUT2D eigenvalue weighted by Gasteiger charge is -2.08. The van der Waals surface area contributed by atoms with Gasteiger partial charge in [-0.3, -0.25) is 0 Å². The Hall–Kier alpha value is -0.0500. The third kappa shape index (κ3) is 3.60. The van der Waals surface area contributed by atoms with Crippen molar-refractivity contribution in [3.63, 3.8) is 0 Å². The Morgan fingerprint density at radius 2 is 2.21 bits per heavy atom. The van der Waals surface area contributed by atoms with Crippen molar-refractivity contribution in [2.45, 2.75) is 32.3 Å². The minimum Gasteiger partial charge on any atom is -0.393 e. The van der Waals surface area contributed by atoms with E-state index in [9.17, 15) is 5.11 Å². The molecule has 0 heterocycles. The van der Waals surface area contributed by atoms with Crippen molar-refractivity contribution in [2.75, 3.05) is 0 Å². The molecule has 1 atom stereocenters. The summed E-state index contributed by atoms with van der Waals surface area (Å²) in [5.41, 5.74) is 1.10. The predicted octanol–water partition coefficient (Wildman–Crippen LogP) is 3.81. The first-order valence-corrected chi connectivity index (χ1v) is 5.92. The standard InChI is InChI=1S/C11H14BrClO/c1-2-10(14)6-4-8-3-5-9(12)7-11(8)13/h3,5,7,10,14H,2,4,6H2,1H3. The first-order valence-electron chi connectivity index (χ1n) is 4.75. The van der Waals surface area contributed by atoms with Gasteiger partial charge in [-0.15, -0.1) is 0 Å². The third-order valence-electron chi connectivity index (χ3n) is 2.23. The molecule has 1 N–H and O–H groups in total. The van der Waals surface area contributed by atoms with Crippen LogP contribution in [0.15, 0.2) is 22.7 Å². The van der Waals surface area contributed by atoms with Crippen LogP contribution < -0.4 is 0 Å².